The first kappa shape index (κ1) is 13.2. The van der Waals surface area contributed by atoms with E-state index in [0.29, 0.717) is 10.7 Å². The van der Waals surface area contributed by atoms with Gasteiger partial charge in [-0.2, -0.15) is 0 Å². The van der Waals surface area contributed by atoms with Crippen LogP contribution in [0, 0.1) is 0 Å². The molecule has 0 bridgehead atoms. The van der Waals surface area contributed by atoms with Crippen molar-refractivity contribution < 1.29 is 15.0 Å². The molecule has 20 heavy (non-hydrogen) atoms. The smallest absolute Gasteiger partial charge is 0.321 e. The third-order valence-corrected chi connectivity index (χ3v) is 4.14. The van der Waals surface area contributed by atoms with Gasteiger partial charge >= 0.3 is 5.97 Å². The van der Waals surface area contributed by atoms with Gasteiger partial charge in [0.2, 0.25) is 0 Å². The Labute approximate surface area is 117 Å². The highest BCUT2D eigenvalue weighted by molar-refractivity contribution is 7.15. The highest BCUT2D eigenvalue weighted by Gasteiger charge is 2.36. The minimum Gasteiger partial charge on any atom is -0.480 e. The first-order valence-electron chi connectivity index (χ1n) is 6.15. The maximum atomic E-state index is 11.9. The van der Waals surface area contributed by atoms with Gasteiger partial charge in [-0.3, -0.25) is 18.9 Å². The van der Waals surface area contributed by atoms with E-state index in [2.05, 4.69) is 4.98 Å². The second-order valence-corrected chi connectivity index (χ2v) is 5.69. The van der Waals surface area contributed by atoms with Crippen molar-refractivity contribution in [2.75, 3.05) is 6.54 Å². The third-order valence-electron chi connectivity index (χ3n) is 3.39. The quantitative estimate of drug-likeness (QED) is 0.812. The van der Waals surface area contributed by atoms with Crippen LogP contribution in [-0.2, 0) is 11.3 Å². The second kappa shape index (κ2) is 4.97. The van der Waals surface area contributed by atoms with Gasteiger partial charge in [0, 0.05) is 37.2 Å². The van der Waals surface area contributed by atoms with Gasteiger partial charge in [0.05, 0.1) is 11.8 Å². The molecule has 0 saturated carbocycles. The van der Waals surface area contributed by atoms with Crippen molar-refractivity contribution in [3.05, 3.63) is 33.7 Å². The first-order chi connectivity index (χ1) is 9.54. The summed E-state index contributed by atoms with van der Waals surface area (Å²) < 4.78 is 1.45. The Morgan fingerprint density at radius 3 is 3.10 bits per heavy atom. The minimum atomic E-state index is -0.963. The summed E-state index contributed by atoms with van der Waals surface area (Å²) in [5.41, 5.74) is 0.343. The number of hydrogen-bond donors (Lipinski definition) is 2. The molecule has 1 fully saturated rings. The molecule has 2 aromatic rings. The molecular weight excluding hydrogens is 282 g/mol. The molecule has 3 heterocycles. The zero-order chi connectivity index (χ0) is 14.3. The van der Waals surface area contributed by atoms with Gasteiger partial charge in [-0.15, -0.1) is 11.3 Å². The topological polar surface area (TPSA) is 95.1 Å². The number of rotatable bonds is 3. The van der Waals surface area contributed by atoms with Crippen molar-refractivity contribution in [1.82, 2.24) is 14.3 Å². The molecule has 2 aromatic heterocycles. The lowest BCUT2D eigenvalue weighted by Crippen LogP contribution is -2.36. The van der Waals surface area contributed by atoms with E-state index in [1.165, 1.54) is 21.8 Å². The molecular formula is C12H13N3O4S. The molecule has 106 valence electrons. The summed E-state index contributed by atoms with van der Waals surface area (Å²) in [6.45, 7) is 0.528. The highest BCUT2D eigenvalue weighted by atomic mass is 32.1. The number of thiazole rings is 1. The van der Waals surface area contributed by atoms with Crippen LogP contribution in [0.25, 0.3) is 4.96 Å². The zero-order valence-corrected chi connectivity index (χ0v) is 11.3. The Bertz CT molecular complexity index is 710. The fourth-order valence-corrected chi connectivity index (χ4v) is 3.23. The number of hydrogen-bond acceptors (Lipinski definition) is 6. The molecule has 7 nitrogen and oxygen atoms in total. The SMILES string of the molecule is O=C(O)C1CC(O)CN1Cc1cc(=O)n2ccsc2n1. The van der Waals surface area contributed by atoms with Crippen LogP contribution in [-0.4, -0.2) is 49.2 Å². The van der Waals surface area contributed by atoms with Crippen LogP contribution in [0.2, 0.25) is 0 Å². The predicted octanol–water partition coefficient (Wildman–Crippen LogP) is -0.224. The molecule has 1 saturated heterocycles. The molecule has 0 spiro atoms. The van der Waals surface area contributed by atoms with Crippen molar-refractivity contribution in [3.8, 4) is 0 Å². The van der Waals surface area contributed by atoms with E-state index in [0.717, 1.165) is 0 Å². The lowest BCUT2D eigenvalue weighted by atomic mass is 10.2. The molecule has 2 N–H and O–H groups in total. The number of aliphatic carboxylic acids is 1. The summed E-state index contributed by atoms with van der Waals surface area (Å²) in [6.07, 6.45) is 1.21. The van der Waals surface area contributed by atoms with E-state index in [-0.39, 0.29) is 25.1 Å². The summed E-state index contributed by atoms with van der Waals surface area (Å²) in [5.74, 6) is -0.963. The van der Waals surface area contributed by atoms with Crippen LogP contribution in [0.3, 0.4) is 0 Å². The van der Waals surface area contributed by atoms with E-state index in [9.17, 15) is 14.7 Å². The average molecular weight is 295 g/mol. The van der Waals surface area contributed by atoms with Crippen molar-refractivity contribution in [2.24, 2.45) is 0 Å². The summed E-state index contributed by atoms with van der Waals surface area (Å²) in [5, 5.41) is 20.5. The van der Waals surface area contributed by atoms with E-state index < -0.39 is 18.1 Å². The summed E-state index contributed by atoms with van der Waals surface area (Å²) in [6, 6.07) is 0.678. The van der Waals surface area contributed by atoms with E-state index in [4.69, 9.17) is 5.11 Å². The molecule has 1 aliphatic rings. The van der Waals surface area contributed by atoms with Crippen molar-refractivity contribution in [1.29, 1.82) is 0 Å². The predicted molar refractivity (Wildman–Crippen MR) is 71.8 cm³/mol. The summed E-state index contributed by atoms with van der Waals surface area (Å²) >= 11 is 1.35. The van der Waals surface area contributed by atoms with Gasteiger partial charge in [0.15, 0.2) is 4.96 Å². The number of likely N-dealkylation sites (tertiary alicyclic amines) is 1. The number of nitrogens with zero attached hydrogens (tertiary/aromatic N) is 3. The maximum absolute atomic E-state index is 11.9. The van der Waals surface area contributed by atoms with Crippen molar-refractivity contribution >= 4 is 22.3 Å². The Hall–Kier alpha value is -1.77. The number of fused-ring (bicyclic) bond motifs is 1. The van der Waals surface area contributed by atoms with Gasteiger partial charge in [0.1, 0.15) is 6.04 Å². The summed E-state index contributed by atoms with van der Waals surface area (Å²) in [4.78, 5) is 29.6. The lowest BCUT2D eigenvalue weighted by Gasteiger charge is -2.19. The van der Waals surface area contributed by atoms with Crippen LogP contribution in [0.4, 0.5) is 0 Å². The number of carboxylic acids is 1. The van der Waals surface area contributed by atoms with Crippen LogP contribution >= 0.6 is 11.3 Å². The average Bonchev–Trinajstić information content (AvgIpc) is 2.96. The number of aromatic nitrogens is 2. The van der Waals surface area contributed by atoms with Gasteiger partial charge in [0.25, 0.3) is 5.56 Å². The Morgan fingerprint density at radius 2 is 2.35 bits per heavy atom. The molecule has 0 amide bonds. The Kier molecular flexibility index (Phi) is 3.28. The van der Waals surface area contributed by atoms with Crippen molar-refractivity contribution in [2.45, 2.75) is 25.1 Å². The summed E-state index contributed by atoms with van der Waals surface area (Å²) in [7, 11) is 0. The number of aliphatic hydroxyl groups excluding tert-OH is 1. The fourth-order valence-electron chi connectivity index (χ4n) is 2.49. The minimum absolute atomic E-state index is 0.183. The van der Waals surface area contributed by atoms with Gasteiger partial charge in [-0.05, 0) is 0 Å². The van der Waals surface area contributed by atoms with E-state index in [1.807, 2.05) is 0 Å². The Morgan fingerprint density at radius 1 is 1.55 bits per heavy atom. The largest absolute Gasteiger partial charge is 0.480 e. The second-order valence-electron chi connectivity index (χ2n) is 4.81. The van der Waals surface area contributed by atoms with E-state index >= 15 is 0 Å². The molecule has 1 aliphatic heterocycles. The number of aliphatic hydroxyl groups is 1. The van der Waals surface area contributed by atoms with Gasteiger partial charge < -0.3 is 10.2 Å². The standard InChI is InChI=1S/C12H13N3O4S/c16-8-4-9(11(18)19)14(6-8)5-7-3-10(17)15-1-2-20-12(15)13-7/h1-3,8-9,16H,4-6H2,(H,18,19). The molecule has 2 unspecified atom stereocenters. The molecule has 3 rings (SSSR count). The molecule has 0 aliphatic carbocycles. The highest BCUT2D eigenvalue weighted by Crippen LogP contribution is 2.20. The van der Waals surface area contributed by atoms with Crippen LogP contribution in [0.15, 0.2) is 22.4 Å². The first-order valence-corrected chi connectivity index (χ1v) is 7.03. The normalized spacial score (nSPS) is 23.4. The van der Waals surface area contributed by atoms with Crippen LogP contribution in [0.1, 0.15) is 12.1 Å². The molecule has 0 radical (unpaired) electrons. The fraction of sp³-hybridized carbons (Fsp3) is 0.417. The zero-order valence-electron chi connectivity index (χ0n) is 10.5. The molecule has 8 heteroatoms. The monoisotopic (exact) mass is 295 g/mol. The van der Waals surface area contributed by atoms with Gasteiger partial charge in [-0.1, -0.05) is 0 Å². The van der Waals surface area contributed by atoms with E-state index in [1.54, 1.807) is 16.5 Å². The number of β-amino-alcohol motifs (C(OH)–C–C–N with tert-alkyl or cyclic N) is 1. The van der Waals surface area contributed by atoms with Crippen LogP contribution in [0.5, 0.6) is 0 Å². The third kappa shape index (κ3) is 2.33. The lowest BCUT2D eigenvalue weighted by molar-refractivity contribution is -0.142. The maximum Gasteiger partial charge on any atom is 0.321 e. The molecule has 2 atom stereocenters. The van der Waals surface area contributed by atoms with Crippen molar-refractivity contribution in [3.63, 3.8) is 0 Å². The number of carboxylic acid groups (broad SMARTS) is 1. The number of carbonyl (C=O) groups is 1. The Balaban J connectivity index is 1.88. The van der Waals surface area contributed by atoms with Crippen LogP contribution < -0.4 is 5.56 Å². The molecule has 0 aromatic carbocycles. The van der Waals surface area contributed by atoms with Gasteiger partial charge in [-0.25, -0.2) is 4.98 Å².